The zero-order chi connectivity index (χ0) is 16.7. The van der Waals surface area contributed by atoms with E-state index in [1.54, 1.807) is 19.2 Å². The third-order valence-electron chi connectivity index (χ3n) is 3.54. The molecule has 0 saturated heterocycles. The number of hydrogen-bond donors (Lipinski definition) is 0. The van der Waals surface area contributed by atoms with Crippen LogP contribution in [-0.2, 0) is 17.8 Å². The van der Waals surface area contributed by atoms with Crippen LogP contribution >= 0.6 is 0 Å². The van der Waals surface area contributed by atoms with E-state index in [-0.39, 0.29) is 5.97 Å². The van der Waals surface area contributed by atoms with Crippen LogP contribution in [0.2, 0.25) is 0 Å². The molecular formula is C19H22O4. The number of benzene rings is 2. The molecule has 4 heteroatoms. The summed E-state index contributed by atoms with van der Waals surface area (Å²) in [5, 5.41) is 0. The Hall–Kier alpha value is -2.49. The molecule has 0 radical (unpaired) electrons. The van der Waals surface area contributed by atoms with Gasteiger partial charge in [-0.3, -0.25) is 0 Å². The Labute approximate surface area is 137 Å². The molecule has 0 amide bonds. The first-order valence-electron chi connectivity index (χ1n) is 7.65. The van der Waals surface area contributed by atoms with Crippen LogP contribution in [0.3, 0.4) is 0 Å². The molecule has 23 heavy (non-hydrogen) atoms. The second kappa shape index (κ2) is 8.22. The van der Waals surface area contributed by atoms with Gasteiger partial charge in [0.25, 0.3) is 0 Å². The summed E-state index contributed by atoms with van der Waals surface area (Å²) in [6.45, 7) is 2.56. The van der Waals surface area contributed by atoms with Crippen LogP contribution in [0.1, 0.15) is 34.8 Å². The first kappa shape index (κ1) is 16.9. The van der Waals surface area contributed by atoms with E-state index < -0.39 is 0 Å². The molecule has 0 fully saturated rings. The minimum Gasteiger partial charge on any atom is -0.493 e. The molecule has 0 aromatic heterocycles. The molecule has 0 unspecified atom stereocenters. The van der Waals surface area contributed by atoms with Crippen molar-refractivity contribution in [1.29, 1.82) is 0 Å². The molecule has 0 aliphatic rings. The van der Waals surface area contributed by atoms with Crippen molar-refractivity contribution >= 4 is 5.97 Å². The minimum atomic E-state index is -0.341. The summed E-state index contributed by atoms with van der Waals surface area (Å²) >= 11 is 0. The van der Waals surface area contributed by atoms with Crippen molar-refractivity contribution in [3.63, 3.8) is 0 Å². The summed E-state index contributed by atoms with van der Waals surface area (Å²) in [5.74, 6) is 1.11. The van der Waals surface area contributed by atoms with Crippen LogP contribution in [0.4, 0.5) is 0 Å². The van der Waals surface area contributed by atoms with Crippen molar-refractivity contribution in [2.24, 2.45) is 0 Å². The Bertz CT molecular complexity index is 647. The minimum absolute atomic E-state index is 0.341. The lowest BCUT2D eigenvalue weighted by Crippen LogP contribution is -2.02. The van der Waals surface area contributed by atoms with Crippen molar-refractivity contribution in [2.75, 3.05) is 14.2 Å². The monoisotopic (exact) mass is 314 g/mol. The third kappa shape index (κ3) is 4.49. The number of hydrogen-bond acceptors (Lipinski definition) is 4. The van der Waals surface area contributed by atoms with Gasteiger partial charge in [-0.15, -0.1) is 0 Å². The molecule has 0 N–H and O–H groups in total. The smallest absolute Gasteiger partial charge is 0.337 e. The highest BCUT2D eigenvalue weighted by molar-refractivity contribution is 5.89. The van der Waals surface area contributed by atoms with Crippen LogP contribution in [0, 0.1) is 0 Å². The van der Waals surface area contributed by atoms with Gasteiger partial charge < -0.3 is 14.2 Å². The lowest BCUT2D eigenvalue weighted by atomic mass is 10.1. The van der Waals surface area contributed by atoms with Gasteiger partial charge in [-0.05, 0) is 41.8 Å². The van der Waals surface area contributed by atoms with E-state index in [4.69, 9.17) is 9.47 Å². The molecule has 0 aliphatic heterocycles. The molecule has 2 aromatic carbocycles. The van der Waals surface area contributed by atoms with E-state index in [0.717, 1.165) is 29.9 Å². The Morgan fingerprint density at radius 2 is 1.65 bits per heavy atom. The Balaban J connectivity index is 2.07. The molecule has 2 rings (SSSR count). The lowest BCUT2D eigenvalue weighted by molar-refractivity contribution is 0.0600. The van der Waals surface area contributed by atoms with E-state index in [1.807, 2.05) is 24.3 Å². The maximum absolute atomic E-state index is 11.4. The predicted molar refractivity (Wildman–Crippen MR) is 89.1 cm³/mol. The quantitative estimate of drug-likeness (QED) is 0.724. The van der Waals surface area contributed by atoms with E-state index in [9.17, 15) is 4.79 Å². The van der Waals surface area contributed by atoms with Crippen molar-refractivity contribution in [2.45, 2.75) is 26.4 Å². The molecular weight excluding hydrogens is 292 g/mol. The first-order valence-corrected chi connectivity index (χ1v) is 7.65. The summed E-state index contributed by atoms with van der Waals surface area (Å²) < 4.78 is 15.9. The van der Waals surface area contributed by atoms with E-state index in [0.29, 0.717) is 12.2 Å². The summed E-state index contributed by atoms with van der Waals surface area (Å²) in [6, 6.07) is 13.2. The van der Waals surface area contributed by atoms with Crippen LogP contribution in [0.25, 0.3) is 0 Å². The number of rotatable bonds is 7. The van der Waals surface area contributed by atoms with Crippen LogP contribution in [0.15, 0.2) is 42.5 Å². The number of esters is 1. The average molecular weight is 314 g/mol. The maximum atomic E-state index is 11.4. The fraction of sp³-hybridized carbons (Fsp3) is 0.316. The van der Waals surface area contributed by atoms with Crippen molar-refractivity contribution in [1.82, 2.24) is 0 Å². The summed E-state index contributed by atoms with van der Waals surface area (Å²) in [5.41, 5.74) is 2.73. The first-order chi connectivity index (χ1) is 11.2. The molecule has 4 nitrogen and oxygen atoms in total. The van der Waals surface area contributed by atoms with Crippen LogP contribution in [0.5, 0.6) is 11.5 Å². The highest BCUT2D eigenvalue weighted by Crippen LogP contribution is 2.29. The molecule has 2 aromatic rings. The zero-order valence-electron chi connectivity index (χ0n) is 13.8. The van der Waals surface area contributed by atoms with E-state index in [1.165, 1.54) is 12.7 Å². The van der Waals surface area contributed by atoms with Gasteiger partial charge in [0.05, 0.1) is 19.8 Å². The van der Waals surface area contributed by atoms with Crippen molar-refractivity contribution in [3.8, 4) is 11.5 Å². The Morgan fingerprint density at radius 3 is 2.26 bits per heavy atom. The molecule has 0 atom stereocenters. The standard InChI is InChI=1S/C19H22O4/c1-4-5-14-8-11-17(21-2)18(12-14)23-13-15-6-9-16(10-7-15)19(20)22-3/h6-12H,4-5,13H2,1-3H3. The van der Waals surface area contributed by atoms with Crippen molar-refractivity contribution < 1.29 is 19.0 Å². The summed E-state index contributed by atoms with van der Waals surface area (Å²) in [4.78, 5) is 11.4. The van der Waals surface area contributed by atoms with Crippen LogP contribution in [-0.4, -0.2) is 20.2 Å². The predicted octanol–water partition coefficient (Wildman–Crippen LogP) is 4.01. The molecule has 0 spiro atoms. The number of aryl methyl sites for hydroxylation is 1. The second-order valence-corrected chi connectivity index (χ2v) is 5.21. The zero-order valence-corrected chi connectivity index (χ0v) is 13.8. The van der Waals surface area contributed by atoms with Crippen LogP contribution < -0.4 is 9.47 Å². The highest BCUT2D eigenvalue weighted by atomic mass is 16.5. The number of carbonyl (C=O) groups is 1. The van der Waals surface area contributed by atoms with E-state index >= 15 is 0 Å². The molecule has 0 saturated carbocycles. The maximum Gasteiger partial charge on any atom is 0.337 e. The Kier molecular flexibility index (Phi) is 6.03. The van der Waals surface area contributed by atoms with Gasteiger partial charge in [0.1, 0.15) is 6.61 Å². The molecule has 122 valence electrons. The lowest BCUT2D eigenvalue weighted by Gasteiger charge is -2.12. The van der Waals surface area contributed by atoms with Gasteiger partial charge in [0.15, 0.2) is 11.5 Å². The Morgan fingerprint density at radius 1 is 0.957 bits per heavy atom. The molecule has 0 heterocycles. The normalized spacial score (nSPS) is 10.2. The van der Waals surface area contributed by atoms with Crippen molar-refractivity contribution in [3.05, 3.63) is 59.2 Å². The SMILES string of the molecule is CCCc1ccc(OC)c(OCc2ccc(C(=O)OC)cc2)c1. The largest absolute Gasteiger partial charge is 0.493 e. The molecule has 0 bridgehead atoms. The third-order valence-corrected chi connectivity index (χ3v) is 3.54. The van der Waals surface area contributed by atoms with Gasteiger partial charge >= 0.3 is 5.97 Å². The average Bonchev–Trinajstić information content (AvgIpc) is 2.60. The highest BCUT2D eigenvalue weighted by Gasteiger charge is 2.08. The number of ether oxygens (including phenoxy) is 3. The van der Waals surface area contributed by atoms with Gasteiger partial charge in [-0.25, -0.2) is 4.79 Å². The fourth-order valence-corrected chi connectivity index (χ4v) is 2.29. The van der Waals surface area contributed by atoms with Gasteiger partial charge in [-0.1, -0.05) is 31.5 Å². The summed E-state index contributed by atoms with van der Waals surface area (Å²) in [6.07, 6.45) is 2.09. The number of carbonyl (C=O) groups excluding carboxylic acids is 1. The molecule has 0 aliphatic carbocycles. The topological polar surface area (TPSA) is 44.8 Å². The van der Waals surface area contributed by atoms with Gasteiger partial charge in [0, 0.05) is 0 Å². The van der Waals surface area contributed by atoms with Gasteiger partial charge in [-0.2, -0.15) is 0 Å². The summed E-state index contributed by atoms with van der Waals surface area (Å²) in [7, 11) is 3.00. The fourth-order valence-electron chi connectivity index (χ4n) is 2.29. The van der Waals surface area contributed by atoms with E-state index in [2.05, 4.69) is 17.7 Å². The second-order valence-electron chi connectivity index (χ2n) is 5.21. The number of methoxy groups -OCH3 is 2. The van der Waals surface area contributed by atoms with Gasteiger partial charge in [0.2, 0.25) is 0 Å².